The zero-order valence-electron chi connectivity index (χ0n) is 5.03. The van der Waals surface area contributed by atoms with E-state index in [4.69, 9.17) is 5.84 Å². The van der Waals surface area contributed by atoms with Crippen molar-refractivity contribution in [2.24, 2.45) is 11.8 Å². The van der Waals surface area contributed by atoms with E-state index in [2.05, 4.69) is 4.74 Å². The lowest BCUT2D eigenvalue weighted by atomic mass is 10.1. The fourth-order valence-corrected chi connectivity index (χ4v) is 0.621. The summed E-state index contributed by atoms with van der Waals surface area (Å²) in [5, 5.41) is 0. The van der Waals surface area contributed by atoms with Crippen LogP contribution in [0.2, 0.25) is 0 Å². The highest BCUT2D eigenvalue weighted by Gasteiger charge is 2.28. The van der Waals surface area contributed by atoms with E-state index in [1.807, 2.05) is 5.43 Å². The molecule has 5 nitrogen and oxygen atoms in total. The van der Waals surface area contributed by atoms with Gasteiger partial charge in [0.1, 0.15) is 0 Å². The molecular formula is C5H6N2O3. The Morgan fingerprint density at radius 2 is 2.50 bits per heavy atom. The first-order chi connectivity index (χ1) is 4.75. The van der Waals surface area contributed by atoms with Gasteiger partial charge in [0, 0.05) is 0 Å². The molecule has 1 aliphatic rings. The number of rotatable bonds is 1. The first-order valence-electron chi connectivity index (χ1n) is 2.63. The van der Waals surface area contributed by atoms with Crippen LogP contribution in [0.3, 0.4) is 0 Å². The maximum absolute atomic E-state index is 10.6. The number of nitrogens with two attached hydrogens (primary N) is 1. The number of nitrogens with one attached hydrogen (secondary N) is 1. The van der Waals surface area contributed by atoms with Crippen molar-refractivity contribution in [3.8, 4) is 0 Å². The minimum Gasteiger partial charge on any atom is -0.434 e. The van der Waals surface area contributed by atoms with Crippen LogP contribution in [0, 0.1) is 5.92 Å². The lowest BCUT2D eigenvalue weighted by Gasteiger charge is -2.00. The highest BCUT2D eigenvalue weighted by molar-refractivity contribution is 6.00. The Morgan fingerprint density at radius 1 is 1.80 bits per heavy atom. The highest BCUT2D eigenvalue weighted by Crippen LogP contribution is 2.09. The molecule has 5 heteroatoms. The number of hydrogen-bond acceptors (Lipinski definition) is 4. The van der Waals surface area contributed by atoms with Crippen LogP contribution in [0.1, 0.15) is 0 Å². The summed E-state index contributed by atoms with van der Waals surface area (Å²) in [7, 11) is 0. The second-order valence-electron chi connectivity index (χ2n) is 1.75. The zero-order chi connectivity index (χ0) is 7.56. The van der Waals surface area contributed by atoms with E-state index in [0.717, 1.165) is 0 Å². The number of amides is 1. The molecular weight excluding hydrogens is 136 g/mol. The van der Waals surface area contributed by atoms with E-state index >= 15 is 0 Å². The maximum Gasteiger partial charge on any atom is 0.327 e. The third-order valence-corrected chi connectivity index (χ3v) is 1.13. The Balaban J connectivity index is 2.64. The van der Waals surface area contributed by atoms with Crippen molar-refractivity contribution in [3.05, 3.63) is 12.3 Å². The van der Waals surface area contributed by atoms with Gasteiger partial charge in [0.2, 0.25) is 0 Å². The molecule has 0 aromatic carbocycles. The molecule has 0 fully saturated rings. The van der Waals surface area contributed by atoms with Crippen molar-refractivity contribution in [1.29, 1.82) is 0 Å². The number of hydrazine groups is 1. The van der Waals surface area contributed by atoms with Crippen LogP contribution in [0.4, 0.5) is 0 Å². The van der Waals surface area contributed by atoms with Gasteiger partial charge in [-0.2, -0.15) is 0 Å². The van der Waals surface area contributed by atoms with Crippen LogP contribution in [-0.4, -0.2) is 11.9 Å². The summed E-state index contributed by atoms with van der Waals surface area (Å²) in [6.07, 6.45) is 2.51. The molecule has 0 bridgehead atoms. The van der Waals surface area contributed by atoms with Crippen molar-refractivity contribution in [2.75, 3.05) is 0 Å². The molecule has 0 saturated carbocycles. The second-order valence-corrected chi connectivity index (χ2v) is 1.75. The minimum absolute atomic E-state index is 0.557. The average molecular weight is 142 g/mol. The normalized spacial score (nSPS) is 22.5. The van der Waals surface area contributed by atoms with E-state index in [1.54, 1.807) is 0 Å². The Bertz CT molecular complexity index is 199. The highest BCUT2D eigenvalue weighted by atomic mass is 16.5. The minimum atomic E-state index is -0.870. The first-order valence-corrected chi connectivity index (χ1v) is 2.63. The number of hydrogen-bond donors (Lipinski definition) is 2. The van der Waals surface area contributed by atoms with Crippen LogP contribution < -0.4 is 11.3 Å². The van der Waals surface area contributed by atoms with Crippen LogP contribution in [0.15, 0.2) is 12.3 Å². The molecule has 0 aromatic rings. The third kappa shape index (κ3) is 0.985. The number of esters is 1. The van der Waals surface area contributed by atoms with Gasteiger partial charge in [-0.3, -0.25) is 15.0 Å². The molecule has 1 rings (SSSR count). The topological polar surface area (TPSA) is 81.4 Å². The van der Waals surface area contributed by atoms with Crippen LogP contribution in [0.5, 0.6) is 0 Å². The molecule has 0 saturated heterocycles. The Morgan fingerprint density at radius 3 is 2.90 bits per heavy atom. The molecule has 0 aromatic heterocycles. The summed E-state index contributed by atoms with van der Waals surface area (Å²) in [4.78, 5) is 21.2. The van der Waals surface area contributed by atoms with Gasteiger partial charge in [0.05, 0.1) is 6.26 Å². The lowest BCUT2D eigenvalue weighted by Crippen LogP contribution is -2.37. The first kappa shape index (κ1) is 6.76. The van der Waals surface area contributed by atoms with Gasteiger partial charge in [-0.15, -0.1) is 0 Å². The summed E-state index contributed by atoms with van der Waals surface area (Å²) in [6.45, 7) is 0. The van der Waals surface area contributed by atoms with Gasteiger partial charge in [-0.25, -0.2) is 5.84 Å². The molecule has 1 atom stereocenters. The molecule has 1 heterocycles. The summed E-state index contributed by atoms with van der Waals surface area (Å²) < 4.78 is 4.35. The van der Waals surface area contributed by atoms with Crippen molar-refractivity contribution in [2.45, 2.75) is 0 Å². The Kier molecular flexibility index (Phi) is 1.68. The number of ether oxygens (including phenoxy) is 1. The molecule has 1 amide bonds. The Hall–Kier alpha value is -1.36. The van der Waals surface area contributed by atoms with E-state index in [1.165, 1.54) is 12.3 Å². The standard InChI is InChI=1S/C5H6N2O3/c6-7-4(8)3-1-2-10-5(3)9/h1-3H,6H2,(H,7,8). The second kappa shape index (κ2) is 2.49. The van der Waals surface area contributed by atoms with Gasteiger partial charge in [0.15, 0.2) is 5.92 Å². The summed E-state index contributed by atoms with van der Waals surface area (Å²) in [5.74, 6) is 2.75. The van der Waals surface area contributed by atoms with Gasteiger partial charge < -0.3 is 4.74 Å². The molecule has 54 valence electrons. The molecule has 0 aliphatic carbocycles. The van der Waals surface area contributed by atoms with E-state index in [-0.39, 0.29) is 0 Å². The van der Waals surface area contributed by atoms with Gasteiger partial charge >= 0.3 is 5.97 Å². The SMILES string of the molecule is NNC(=O)C1C=COC1=O. The van der Waals surface area contributed by atoms with Crippen molar-refractivity contribution >= 4 is 11.9 Å². The summed E-state index contributed by atoms with van der Waals surface area (Å²) >= 11 is 0. The van der Waals surface area contributed by atoms with E-state index < -0.39 is 17.8 Å². The number of carbonyl (C=O) groups is 2. The zero-order valence-corrected chi connectivity index (χ0v) is 5.03. The molecule has 1 unspecified atom stereocenters. The Labute approximate surface area is 56.8 Å². The van der Waals surface area contributed by atoms with E-state index in [9.17, 15) is 9.59 Å². The van der Waals surface area contributed by atoms with Crippen molar-refractivity contribution in [1.82, 2.24) is 5.43 Å². The lowest BCUT2D eigenvalue weighted by molar-refractivity contribution is -0.143. The smallest absolute Gasteiger partial charge is 0.327 e. The van der Waals surface area contributed by atoms with Crippen LogP contribution >= 0.6 is 0 Å². The summed E-state index contributed by atoms with van der Waals surface area (Å²) in [5.41, 5.74) is 1.85. The van der Waals surface area contributed by atoms with Crippen molar-refractivity contribution < 1.29 is 14.3 Å². The van der Waals surface area contributed by atoms with Crippen LogP contribution in [0.25, 0.3) is 0 Å². The summed E-state index contributed by atoms with van der Waals surface area (Å²) in [6, 6.07) is 0. The monoisotopic (exact) mass is 142 g/mol. The quantitative estimate of drug-likeness (QED) is 0.156. The fraction of sp³-hybridized carbons (Fsp3) is 0.200. The molecule has 0 radical (unpaired) electrons. The average Bonchev–Trinajstić information content (AvgIpc) is 2.34. The molecule has 0 spiro atoms. The number of cyclic esters (lactones) is 1. The van der Waals surface area contributed by atoms with Gasteiger partial charge in [-0.05, 0) is 6.08 Å². The van der Waals surface area contributed by atoms with Crippen LogP contribution in [-0.2, 0) is 14.3 Å². The molecule has 1 aliphatic heterocycles. The van der Waals surface area contributed by atoms with Crippen molar-refractivity contribution in [3.63, 3.8) is 0 Å². The van der Waals surface area contributed by atoms with Gasteiger partial charge in [0.25, 0.3) is 5.91 Å². The molecule has 10 heavy (non-hydrogen) atoms. The largest absolute Gasteiger partial charge is 0.434 e. The van der Waals surface area contributed by atoms with E-state index in [0.29, 0.717) is 0 Å². The maximum atomic E-state index is 10.6. The predicted octanol–water partition coefficient (Wildman–Crippen LogP) is -1.34. The fourth-order valence-electron chi connectivity index (χ4n) is 0.621. The van der Waals surface area contributed by atoms with Gasteiger partial charge in [-0.1, -0.05) is 0 Å². The number of carbonyl (C=O) groups excluding carboxylic acids is 2. The predicted molar refractivity (Wildman–Crippen MR) is 31.1 cm³/mol. The third-order valence-electron chi connectivity index (χ3n) is 1.13. The molecule has 3 N–H and O–H groups in total.